The van der Waals surface area contributed by atoms with Crippen molar-refractivity contribution in [3.8, 4) is 5.75 Å². The van der Waals surface area contributed by atoms with Crippen molar-refractivity contribution in [2.45, 2.75) is 134 Å². The molecule has 3 saturated carbocycles. The molecule has 15 amide bonds. The minimum absolute atomic E-state index is 0.0408. The summed E-state index contributed by atoms with van der Waals surface area (Å²) in [5.41, 5.74) is -6.52. The zero-order valence-electron chi connectivity index (χ0n) is 74.2. The molecule has 3 heterocycles. The number of allylic oxidation sites excluding steroid dienone is 4. The summed E-state index contributed by atoms with van der Waals surface area (Å²) in [5.74, 6) is -15.1. The first-order valence-corrected chi connectivity index (χ1v) is 42.2. The highest BCUT2D eigenvalue weighted by molar-refractivity contribution is 7.12. The molecule has 1 aromatic heterocycles. The van der Waals surface area contributed by atoms with Gasteiger partial charge in [0.15, 0.2) is 40.7 Å². The average Bonchev–Trinajstić information content (AvgIpc) is 1.46. The molecular weight excluding hydrogens is 1700 g/mol. The van der Waals surface area contributed by atoms with Crippen LogP contribution in [0, 0.1) is 28.5 Å². The summed E-state index contributed by atoms with van der Waals surface area (Å²) >= 11 is 1.31. The van der Waals surface area contributed by atoms with E-state index in [1.807, 2.05) is 12.1 Å². The van der Waals surface area contributed by atoms with Crippen LogP contribution >= 0.6 is 11.3 Å². The van der Waals surface area contributed by atoms with E-state index >= 15 is 13.2 Å². The molecule has 0 spiro atoms. The third-order valence-electron chi connectivity index (χ3n) is 24.6. The van der Waals surface area contributed by atoms with Crippen LogP contribution in [0.1, 0.15) is 100 Å². The molecule has 694 valence electrons. The van der Waals surface area contributed by atoms with Crippen LogP contribution in [0.4, 0.5) is 24.5 Å². The first-order valence-electron chi connectivity index (χ1n) is 41.4. The Hall–Kier alpha value is -12.0. The van der Waals surface area contributed by atoms with Crippen LogP contribution in [-0.4, -0.2) is 356 Å². The van der Waals surface area contributed by atoms with Crippen LogP contribution in [0.25, 0.3) is 0 Å². The van der Waals surface area contributed by atoms with Crippen LogP contribution in [0.5, 0.6) is 5.75 Å². The van der Waals surface area contributed by atoms with E-state index in [2.05, 4.69) is 16.0 Å². The second-order valence-corrected chi connectivity index (χ2v) is 35.3. The summed E-state index contributed by atoms with van der Waals surface area (Å²) in [6, 6.07) is 10.6. The van der Waals surface area contributed by atoms with E-state index in [0.29, 0.717) is 21.9 Å². The number of imide groups is 1. The number of hydrogen-bond acceptors (Lipinski definition) is 24. The maximum absolute atomic E-state index is 18.0. The normalized spacial score (nSPS) is 22.7. The molecule has 41 heteroatoms. The standard InChI is InChI=1S/C87H111F3N14O23S/c1-49(106)38-94(6)70(114)40-96(8)72(116)42-98(10)74(118)44-100(12)76(120)46-102(14)78(122)47-103(15)77(121)45-101(13)75(119)43-99(11)73(117)41-97(9)71(115)39-95(7)67(111)20-17-31-125-80-53(21-24-61(79(80)89)104-68(112)27-28-69(104)113)22-26-66(110)91-50(2)81(123)92-51(3)82(124)93-54-19-16-18-52(32-54)33-56-23-25-62(128-56)83-126-65-36-57-58-35-60(88)59-34-55(107)29-30-84(59,4)86(58,90)63(108)37-85(57,5)87(65,127-83)64(109)48-105/h16,18-19,21,23-25,27-30,32,34,50-51,57-58,60,63,65,83,105,108H,17,20,22,26,31,33,35-48H2,1-15H3,(H,91,110)(H,92,123)(H,93,124)/t50-,51-,57-,58-,60-,63-,65+,83+,84-,85-,86-,87+/m0/s1. The molecule has 0 bridgehead atoms. The zero-order valence-corrected chi connectivity index (χ0v) is 75.0. The van der Waals surface area contributed by atoms with Crippen molar-refractivity contribution in [2.24, 2.45) is 22.7 Å². The molecule has 4 fully saturated rings. The number of aliphatic hydroxyl groups excluding tert-OH is 2. The van der Waals surface area contributed by atoms with E-state index in [0.717, 1.165) is 83.7 Å². The Morgan fingerprint density at radius 3 is 1.59 bits per heavy atom. The number of anilines is 2. The summed E-state index contributed by atoms with van der Waals surface area (Å²) < 4.78 is 69.8. The lowest BCUT2D eigenvalue weighted by Gasteiger charge is -2.63. The quantitative estimate of drug-likeness (QED) is 0.0383. The van der Waals surface area contributed by atoms with Crippen molar-refractivity contribution in [3.05, 3.63) is 111 Å². The topological polar surface area (TPSA) is 447 Å². The SMILES string of the molecule is CC(=O)CN(C)C(=O)CN(C)C(=O)CN(C)C(=O)CN(C)C(=O)CN(C)C(=O)CN(C)C(=O)CN(C)C(=O)CN(C)C(=O)CN(C)C(=O)CN(C)C(=O)CCCOc1c(CCC(=O)N[C@@H](C)C(=O)N[C@@H](C)C(=O)Nc2cccc(Cc3ccc([C@@H]4O[C@@H]5C[C@H]6[C@@H]7C[C@H](F)C8=CC(=O)C=C[C@]8(C)[C@@]7(F)[C@@H](O)C[C@]6(C)[C@]5(C(=O)CO)O4)s3)c2)ccc(N2C(=O)C=CC2=O)c1F. The summed E-state index contributed by atoms with van der Waals surface area (Å²) in [4.78, 5) is 247. The van der Waals surface area contributed by atoms with Crippen LogP contribution in [0.3, 0.4) is 0 Å². The Labute approximate surface area is 741 Å². The Kier molecular flexibility index (Phi) is 32.3. The molecule has 5 N–H and O–H groups in total. The smallest absolute Gasteiger partial charge is 0.258 e. The lowest BCUT2D eigenvalue weighted by atomic mass is 9.44. The zero-order chi connectivity index (χ0) is 94.8. The Balaban J connectivity index is 0.681. The van der Waals surface area contributed by atoms with Crippen LogP contribution in [0.2, 0.25) is 0 Å². The molecule has 3 aromatic rings. The van der Waals surface area contributed by atoms with Gasteiger partial charge in [0.2, 0.25) is 76.8 Å². The average molecular weight is 1810 g/mol. The van der Waals surface area contributed by atoms with Crippen molar-refractivity contribution < 1.29 is 124 Å². The number of carbonyl (C=O) groups excluding carboxylic acids is 18. The molecule has 1 saturated heterocycles. The van der Waals surface area contributed by atoms with E-state index in [9.17, 15) is 96.5 Å². The number of halogens is 3. The van der Waals surface area contributed by atoms with Gasteiger partial charge in [-0.1, -0.05) is 31.2 Å². The second-order valence-electron chi connectivity index (χ2n) is 34.1. The lowest BCUT2D eigenvalue weighted by Crippen LogP contribution is -2.70. The van der Waals surface area contributed by atoms with Crippen molar-refractivity contribution in [2.75, 3.05) is 159 Å². The fraction of sp³-hybridized carbons (Fsp3) is 0.540. The summed E-state index contributed by atoms with van der Waals surface area (Å²) in [7, 11) is 13.1. The van der Waals surface area contributed by atoms with E-state index < -0.39 is 247 Å². The van der Waals surface area contributed by atoms with Gasteiger partial charge in [-0.2, -0.15) is 0 Å². The van der Waals surface area contributed by atoms with Gasteiger partial charge in [0.1, 0.15) is 30.6 Å². The van der Waals surface area contributed by atoms with Crippen molar-refractivity contribution >= 4 is 129 Å². The third-order valence-corrected chi connectivity index (χ3v) is 25.7. The van der Waals surface area contributed by atoms with Gasteiger partial charge in [-0.05, 0) is 125 Å². The number of amides is 15. The van der Waals surface area contributed by atoms with Crippen molar-refractivity contribution in [1.82, 2.24) is 59.6 Å². The third kappa shape index (κ3) is 22.1. The number of carbonyl (C=O) groups is 18. The molecule has 128 heavy (non-hydrogen) atoms. The van der Waals surface area contributed by atoms with Gasteiger partial charge in [0.25, 0.3) is 11.8 Å². The molecule has 2 aromatic carbocycles. The first kappa shape index (κ1) is 99.8. The summed E-state index contributed by atoms with van der Waals surface area (Å²) in [6.07, 6.45) is -1.20. The highest BCUT2D eigenvalue weighted by Crippen LogP contribution is 2.73. The Bertz CT molecular complexity index is 4990. The molecular formula is C87H111F3N14O23S. The second kappa shape index (κ2) is 41.4. The Morgan fingerprint density at radius 1 is 0.609 bits per heavy atom. The van der Waals surface area contributed by atoms with Gasteiger partial charge in [-0.15, -0.1) is 11.3 Å². The largest absolute Gasteiger partial charge is 0.490 e. The molecule has 4 aliphatic carbocycles. The number of nitrogens with one attached hydrogen (secondary N) is 3. The van der Waals surface area contributed by atoms with Gasteiger partial charge >= 0.3 is 0 Å². The fourth-order valence-corrected chi connectivity index (χ4v) is 18.0. The van der Waals surface area contributed by atoms with Crippen LogP contribution < -0.4 is 25.6 Å². The summed E-state index contributed by atoms with van der Waals surface area (Å²) in [6.45, 7) is 1.44. The molecule has 9 rings (SSSR count). The number of Topliss-reactive ketones (excluding diaryl/α,β-unsaturated/α-hetero) is 2. The maximum atomic E-state index is 18.0. The fourth-order valence-electron chi connectivity index (χ4n) is 17.0. The molecule has 6 aliphatic rings. The van der Waals surface area contributed by atoms with Gasteiger partial charge < -0.3 is 89.4 Å². The van der Waals surface area contributed by atoms with Gasteiger partial charge in [-0.25, -0.2) is 18.1 Å². The number of rotatable bonds is 39. The number of thiophene rings is 1. The highest BCUT2D eigenvalue weighted by Gasteiger charge is 2.80. The summed E-state index contributed by atoms with van der Waals surface area (Å²) in [5, 5.41) is 30.3. The number of alkyl halides is 2. The predicted octanol–water partition coefficient (Wildman–Crippen LogP) is 0.463. The number of likely N-dealkylation sites (N-methyl/N-ethyl adjacent to an activating group) is 10. The van der Waals surface area contributed by atoms with E-state index in [-0.39, 0.29) is 81.6 Å². The molecule has 2 aliphatic heterocycles. The van der Waals surface area contributed by atoms with E-state index in [4.69, 9.17) is 14.2 Å². The predicted molar refractivity (Wildman–Crippen MR) is 453 cm³/mol. The van der Waals surface area contributed by atoms with E-state index in [1.165, 1.54) is 128 Å². The number of hydrogen-bond donors (Lipinski definition) is 5. The van der Waals surface area contributed by atoms with Crippen LogP contribution in [0.15, 0.2) is 84.5 Å². The monoisotopic (exact) mass is 1810 g/mol. The van der Waals surface area contributed by atoms with Gasteiger partial charge in [0.05, 0.1) is 94.8 Å². The molecule has 0 radical (unpaired) electrons. The van der Waals surface area contributed by atoms with Crippen molar-refractivity contribution in [1.29, 1.82) is 0 Å². The molecule has 37 nitrogen and oxygen atoms in total. The van der Waals surface area contributed by atoms with Crippen LogP contribution in [-0.2, 0) is 109 Å². The number of fused-ring (bicyclic) bond motifs is 7. The number of ether oxygens (including phenoxy) is 3. The number of nitrogens with zero attached hydrogens (tertiary/aromatic N) is 11. The number of aliphatic hydroxyl groups is 2. The van der Waals surface area contributed by atoms with Crippen molar-refractivity contribution in [3.63, 3.8) is 0 Å². The number of ketones is 3. The minimum atomic E-state index is -2.42. The number of aryl methyl sites for hydroxylation is 1. The van der Waals surface area contributed by atoms with E-state index in [1.54, 1.807) is 31.2 Å². The lowest BCUT2D eigenvalue weighted by molar-refractivity contribution is -0.234. The first-order chi connectivity index (χ1) is 60.0. The number of benzene rings is 2. The maximum Gasteiger partial charge on any atom is 0.258 e. The van der Waals surface area contributed by atoms with Gasteiger partial charge in [-0.3, -0.25) is 86.3 Å². The molecule has 0 unspecified atom stereocenters. The van der Waals surface area contributed by atoms with Gasteiger partial charge in [0, 0.05) is 129 Å². The highest BCUT2D eigenvalue weighted by atomic mass is 32.1. The Morgan fingerprint density at radius 2 is 1.09 bits per heavy atom. The molecule has 12 atom stereocenters. The minimum Gasteiger partial charge on any atom is -0.490 e.